The van der Waals surface area contributed by atoms with Crippen molar-refractivity contribution in [3.63, 3.8) is 0 Å². The van der Waals surface area contributed by atoms with Gasteiger partial charge in [0.1, 0.15) is 5.82 Å². The molecular weight excluding hydrogens is 266 g/mol. The molecule has 1 amide bonds. The largest absolute Gasteiger partial charge is 0.384 e. The molecule has 1 heterocycles. The molecule has 0 saturated heterocycles. The fraction of sp³-hybridized carbons (Fsp3) is 0.500. The van der Waals surface area contributed by atoms with Gasteiger partial charge in [-0.25, -0.2) is 13.4 Å². The number of pyridine rings is 1. The van der Waals surface area contributed by atoms with Crippen molar-refractivity contribution < 1.29 is 13.2 Å². The van der Waals surface area contributed by atoms with Gasteiger partial charge in [0, 0.05) is 24.1 Å². The number of sulfone groups is 1. The van der Waals surface area contributed by atoms with Crippen molar-refractivity contribution >= 4 is 21.6 Å². The molecule has 19 heavy (non-hydrogen) atoms. The van der Waals surface area contributed by atoms with Crippen LogP contribution < -0.4 is 11.1 Å². The third-order valence-corrected chi connectivity index (χ3v) is 5.07. The van der Waals surface area contributed by atoms with E-state index in [0.29, 0.717) is 11.3 Å². The highest BCUT2D eigenvalue weighted by Gasteiger charge is 2.30. The van der Waals surface area contributed by atoms with Crippen LogP contribution in [0.1, 0.15) is 29.9 Å². The number of nitrogens with two attached hydrogens (primary N) is 1. The predicted octanol–water partition coefficient (Wildman–Crippen LogP) is 0.525. The number of rotatable bonds is 4. The van der Waals surface area contributed by atoms with Gasteiger partial charge < -0.3 is 11.1 Å². The second-order valence-corrected chi connectivity index (χ2v) is 7.79. The molecule has 7 heteroatoms. The number of hydrogen-bond acceptors (Lipinski definition) is 5. The first-order valence-corrected chi connectivity index (χ1v) is 7.64. The molecule has 0 aliphatic carbocycles. The molecule has 1 aromatic rings. The Kier molecular flexibility index (Phi) is 4.19. The van der Waals surface area contributed by atoms with E-state index in [1.54, 1.807) is 26.8 Å². The lowest BCUT2D eigenvalue weighted by atomic mass is 10.2. The van der Waals surface area contributed by atoms with Crippen LogP contribution in [0.2, 0.25) is 0 Å². The van der Waals surface area contributed by atoms with Crippen LogP contribution in [0.15, 0.2) is 12.1 Å². The average Bonchev–Trinajstić information content (AvgIpc) is 2.23. The maximum absolute atomic E-state index is 11.9. The van der Waals surface area contributed by atoms with E-state index < -0.39 is 14.6 Å². The summed E-state index contributed by atoms with van der Waals surface area (Å²) in [5.41, 5.74) is 6.56. The maximum Gasteiger partial charge on any atom is 0.251 e. The number of aromatic nitrogens is 1. The summed E-state index contributed by atoms with van der Waals surface area (Å²) in [6.07, 6.45) is 1.15. The first-order chi connectivity index (χ1) is 8.53. The third-order valence-electron chi connectivity index (χ3n) is 2.91. The van der Waals surface area contributed by atoms with Gasteiger partial charge in [-0.15, -0.1) is 0 Å². The topological polar surface area (TPSA) is 102 Å². The smallest absolute Gasteiger partial charge is 0.251 e. The summed E-state index contributed by atoms with van der Waals surface area (Å²) in [5.74, 6) is -0.110. The number of nitrogens with one attached hydrogen (secondary N) is 1. The molecule has 0 bridgehead atoms. The summed E-state index contributed by atoms with van der Waals surface area (Å²) >= 11 is 0. The maximum atomic E-state index is 11.9. The normalized spacial score (nSPS) is 12.2. The van der Waals surface area contributed by atoms with Crippen LogP contribution in [0, 0.1) is 6.92 Å². The highest BCUT2D eigenvalue weighted by molar-refractivity contribution is 7.92. The molecule has 0 aliphatic heterocycles. The summed E-state index contributed by atoms with van der Waals surface area (Å²) in [6, 6.07) is 3.05. The van der Waals surface area contributed by atoms with E-state index >= 15 is 0 Å². The number of anilines is 1. The minimum Gasteiger partial charge on any atom is -0.384 e. The van der Waals surface area contributed by atoms with E-state index in [2.05, 4.69) is 10.3 Å². The lowest BCUT2D eigenvalue weighted by molar-refractivity contribution is 0.0950. The Morgan fingerprint density at radius 3 is 2.47 bits per heavy atom. The zero-order valence-corrected chi connectivity index (χ0v) is 12.3. The molecule has 0 radical (unpaired) electrons. The van der Waals surface area contributed by atoms with Gasteiger partial charge >= 0.3 is 0 Å². The van der Waals surface area contributed by atoms with E-state index in [4.69, 9.17) is 5.73 Å². The lowest BCUT2D eigenvalue weighted by Gasteiger charge is -2.22. The number of amides is 1. The molecule has 106 valence electrons. The molecule has 0 saturated carbocycles. The number of carbonyl (C=O) groups is 1. The minimum absolute atomic E-state index is 0.0337. The molecule has 0 fully saturated rings. The molecule has 0 spiro atoms. The van der Waals surface area contributed by atoms with Crippen LogP contribution in [-0.4, -0.2) is 36.9 Å². The van der Waals surface area contributed by atoms with Crippen LogP contribution in [0.3, 0.4) is 0 Å². The quantitative estimate of drug-likeness (QED) is 0.840. The third kappa shape index (κ3) is 3.92. The Hall–Kier alpha value is -1.63. The molecule has 6 nitrogen and oxygen atoms in total. The van der Waals surface area contributed by atoms with Crippen molar-refractivity contribution in [1.29, 1.82) is 0 Å². The summed E-state index contributed by atoms with van der Waals surface area (Å²) in [7, 11) is -3.25. The van der Waals surface area contributed by atoms with Crippen molar-refractivity contribution in [2.24, 2.45) is 0 Å². The van der Waals surface area contributed by atoms with Gasteiger partial charge in [0.05, 0.1) is 4.75 Å². The number of hydrogen-bond donors (Lipinski definition) is 2. The first kappa shape index (κ1) is 15.4. The molecule has 1 rings (SSSR count). The Bertz CT molecular complexity index is 574. The molecule has 0 unspecified atom stereocenters. The van der Waals surface area contributed by atoms with E-state index in [-0.39, 0.29) is 18.3 Å². The van der Waals surface area contributed by atoms with Crippen LogP contribution in [-0.2, 0) is 9.84 Å². The van der Waals surface area contributed by atoms with Gasteiger partial charge in [-0.05, 0) is 32.9 Å². The monoisotopic (exact) mass is 285 g/mol. The molecule has 1 aromatic heterocycles. The Morgan fingerprint density at radius 2 is 2.00 bits per heavy atom. The standard InChI is InChI=1S/C12H19N3O3S/c1-8-5-9(6-10(13)15-8)11(16)14-7-12(2,3)19(4,17)18/h5-6H,7H2,1-4H3,(H2,13,15)(H,14,16). The van der Waals surface area contributed by atoms with Crippen LogP contribution in [0.4, 0.5) is 5.82 Å². The van der Waals surface area contributed by atoms with Crippen LogP contribution in [0.25, 0.3) is 0 Å². The zero-order chi connectivity index (χ0) is 14.8. The number of nitrogens with zero attached hydrogens (tertiary/aromatic N) is 1. The van der Waals surface area contributed by atoms with Gasteiger partial charge in [-0.2, -0.15) is 0 Å². The molecule has 3 N–H and O–H groups in total. The van der Waals surface area contributed by atoms with Crippen molar-refractivity contribution in [2.45, 2.75) is 25.5 Å². The fourth-order valence-corrected chi connectivity index (χ4v) is 1.69. The Morgan fingerprint density at radius 1 is 1.42 bits per heavy atom. The highest BCUT2D eigenvalue weighted by atomic mass is 32.2. The molecule has 0 aromatic carbocycles. The predicted molar refractivity (Wildman–Crippen MR) is 74.6 cm³/mol. The van der Waals surface area contributed by atoms with Crippen LogP contribution >= 0.6 is 0 Å². The number of nitrogen functional groups attached to an aromatic ring is 1. The van der Waals surface area contributed by atoms with Crippen molar-refractivity contribution in [3.8, 4) is 0 Å². The second-order valence-electron chi connectivity index (χ2n) is 5.14. The zero-order valence-electron chi connectivity index (χ0n) is 11.5. The summed E-state index contributed by atoms with van der Waals surface area (Å²) < 4.78 is 22.0. The second kappa shape index (κ2) is 5.16. The minimum atomic E-state index is -3.25. The summed E-state index contributed by atoms with van der Waals surface area (Å²) in [6.45, 7) is 4.89. The Labute approximate surface area is 113 Å². The van der Waals surface area contributed by atoms with E-state index in [1.807, 2.05) is 0 Å². The number of carbonyl (C=O) groups excluding carboxylic acids is 1. The van der Waals surface area contributed by atoms with Crippen molar-refractivity contribution in [3.05, 3.63) is 23.4 Å². The van der Waals surface area contributed by atoms with Gasteiger partial charge in [0.2, 0.25) is 0 Å². The average molecular weight is 285 g/mol. The van der Waals surface area contributed by atoms with Gasteiger partial charge in [-0.1, -0.05) is 0 Å². The Balaban J connectivity index is 2.82. The number of aryl methyl sites for hydroxylation is 1. The van der Waals surface area contributed by atoms with E-state index in [1.165, 1.54) is 6.07 Å². The highest BCUT2D eigenvalue weighted by Crippen LogP contribution is 2.14. The van der Waals surface area contributed by atoms with Crippen molar-refractivity contribution in [1.82, 2.24) is 10.3 Å². The van der Waals surface area contributed by atoms with Gasteiger partial charge in [-0.3, -0.25) is 4.79 Å². The van der Waals surface area contributed by atoms with Gasteiger partial charge in [0.15, 0.2) is 9.84 Å². The molecular formula is C12H19N3O3S. The van der Waals surface area contributed by atoms with E-state index in [0.717, 1.165) is 6.26 Å². The summed E-state index contributed by atoms with van der Waals surface area (Å²) in [4.78, 5) is 15.9. The summed E-state index contributed by atoms with van der Waals surface area (Å²) in [5, 5.41) is 2.60. The molecule has 0 atom stereocenters. The fourth-order valence-electron chi connectivity index (χ4n) is 1.35. The van der Waals surface area contributed by atoms with Crippen molar-refractivity contribution in [2.75, 3.05) is 18.5 Å². The lowest BCUT2D eigenvalue weighted by Crippen LogP contribution is -2.43. The first-order valence-electron chi connectivity index (χ1n) is 5.75. The molecule has 0 aliphatic rings. The van der Waals surface area contributed by atoms with Gasteiger partial charge in [0.25, 0.3) is 5.91 Å². The SMILES string of the molecule is Cc1cc(C(=O)NCC(C)(C)S(C)(=O)=O)cc(N)n1. The van der Waals surface area contributed by atoms with E-state index in [9.17, 15) is 13.2 Å². The van der Waals surface area contributed by atoms with Crippen LogP contribution in [0.5, 0.6) is 0 Å².